The maximum absolute atomic E-state index is 12.1. The lowest BCUT2D eigenvalue weighted by Gasteiger charge is -2.32. The van der Waals surface area contributed by atoms with Crippen molar-refractivity contribution in [2.24, 2.45) is 0 Å². The molecule has 3 heterocycles. The standard InChI is InChI=1S/C26H33N3O4/c1-3-31-26(30)25-19(2)24-22(8-4-9-23(24)33-25)32-16-6-13-28-21-10-14-29(15-11-21)18-20-7-5-12-27-17-20/h4-5,7-9,12,17,21,28H,3,6,10-11,13-16,18H2,1-2H3. The third-order valence-corrected chi connectivity index (χ3v) is 6.10. The molecule has 0 bridgehead atoms. The number of carbonyl (C=O) groups excluding carboxylic acids is 1. The Labute approximate surface area is 195 Å². The molecule has 0 aliphatic carbocycles. The van der Waals surface area contributed by atoms with Crippen LogP contribution in [0.5, 0.6) is 5.75 Å². The van der Waals surface area contributed by atoms with Crippen LogP contribution in [0, 0.1) is 6.92 Å². The van der Waals surface area contributed by atoms with Gasteiger partial charge in [0.1, 0.15) is 11.3 Å². The number of ether oxygens (including phenoxy) is 2. The Morgan fingerprint density at radius 3 is 2.85 bits per heavy atom. The van der Waals surface area contributed by atoms with Crippen molar-refractivity contribution >= 4 is 16.9 Å². The van der Waals surface area contributed by atoms with Crippen LogP contribution >= 0.6 is 0 Å². The van der Waals surface area contributed by atoms with Crippen LogP contribution in [0.3, 0.4) is 0 Å². The number of likely N-dealkylation sites (tertiary alicyclic amines) is 1. The summed E-state index contributed by atoms with van der Waals surface area (Å²) in [5.74, 6) is 0.556. The molecule has 4 rings (SSSR count). The number of aryl methyl sites for hydroxylation is 1. The van der Waals surface area contributed by atoms with E-state index in [0.29, 0.717) is 24.8 Å². The van der Waals surface area contributed by atoms with Gasteiger partial charge in [-0.15, -0.1) is 0 Å². The van der Waals surface area contributed by atoms with Crippen molar-refractivity contribution in [3.8, 4) is 5.75 Å². The molecule has 7 heteroatoms. The SMILES string of the molecule is CCOC(=O)c1oc2cccc(OCCCNC3CCN(Cc4cccnc4)CC3)c2c1C. The minimum Gasteiger partial charge on any atom is -0.493 e. The van der Waals surface area contributed by atoms with Crippen LogP contribution in [0.1, 0.15) is 47.9 Å². The molecule has 1 aromatic carbocycles. The van der Waals surface area contributed by atoms with Crippen LogP contribution in [-0.4, -0.2) is 54.7 Å². The fraction of sp³-hybridized carbons (Fsp3) is 0.462. The van der Waals surface area contributed by atoms with Gasteiger partial charge in [0, 0.05) is 30.5 Å². The number of furan rings is 1. The number of benzene rings is 1. The fourth-order valence-corrected chi connectivity index (χ4v) is 4.38. The smallest absolute Gasteiger partial charge is 0.374 e. The first-order valence-electron chi connectivity index (χ1n) is 11.8. The van der Waals surface area contributed by atoms with Gasteiger partial charge in [-0.1, -0.05) is 12.1 Å². The second-order valence-corrected chi connectivity index (χ2v) is 8.47. The third kappa shape index (κ3) is 5.92. The van der Waals surface area contributed by atoms with Crippen molar-refractivity contribution in [3.63, 3.8) is 0 Å². The normalized spacial score (nSPS) is 15.1. The van der Waals surface area contributed by atoms with E-state index < -0.39 is 5.97 Å². The van der Waals surface area contributed by atoms with Crippen molar-refractivity contribution in [2.75, 3.05) is 32.8 Å². The summed E-state index contributed by atoms with van der Waals surface area (Å²) in [5.41, 5.74) is 2.68. The zero-order valence-corrected chi connectivity index (χ0v) is 19.5. The molecule has 1 N–H and O–H groups in total. The molecule has 0 atom stereocenters. The largest absolute Gasteiger partial charge is 0.493 e. The van der Waals surface area contributed by atoms with Gasteiger partial charge in [0.15, 0.2) is 0 Å². The lowest BCUT2D eigenvalue weighted by molar-refractivity contribution is 0.0491. The predicted molar refractivity (Wildman–Crippen MR) is 128 cm³/mol. The van der Waals surface area contributed by atoms with Gasteiger partial charge < -0.3 is 19.2 Å². The van der Waals surface area contributed by atoms with Gasteiger partial charge in [-0.05, 0) is 76.5 Å². The fourth-order valence-electron chi connectivity index (χ4n) is 4.38. The Bertz CT molecular complexity index is 1040. The predicted octanol–water partition coefficient (Wildman–Crippen LogP) is 4.34. The van der Waals surface area contributed by atoms with E-state index in [1.165, 1.54) is 5.56 Å². The maximum Gasteiger partial charge on any atom is 0.374 e. The number of aromatic nitrogens is 1. The lowest BCUT2D eigenvalue weighted by atomic mass is 10.0. The molecule has 0 amide bonds. The Hall–Kier alpha value is -2.90. The van der Waals surface area contributed by atoms with Gasteiger partial charge in [0.25, 0.3) is 0 Å². The van der Waals surface area contributed by atoms with E-state index in [2.05, 4.69) is 21.3 Å². The Morgan fingerprint density at radius 2 is 2.09 bits per heavy atom. The summed E-state index contributed by atoms with van der Waals surface area (Å²) in [6.45, 7) is 8.67. The Kier molecular flexibility index (Phi) is 7.96. The summed E-state index contributed by atoms with van der Waals surface area (Å²) in [6, 6.07) is 10.3. The minimum atomic E-state index is -0.437. The van der Waals surface area contributed by atoms with Crippen LogP contribution in [0.2, 0.25) is 0 Å². The van der Waals surface area contributed by atoms with E-state index in [0.717, 1.165) is 62.1 Å². The number of hydrogen-bond acceptors (Lipinski definition) is 7. The minimum absolute atomic E-state index is 0.249. The maximum atomic E-state index is 12.1. The molecule has 3 aromatic rings. The number of esters is 1. The van der Waals surface area contributed by atoms with Crippen molar-refractivity contribution in [3.05, 3.63) is 59.6 Å². The summed E-state index contributed by atoms with van der Waals surface area (Å²) >= 11 is 0. The number of rotatable bonds is 10. The highest BCUT2D eigenvalue weighted by molar-refractivity contribution is 5.98. The number of pyridine rings is 1. The van der Waals surface area contributed by atoms with Crippen molar-refractivity contribution in [2.45, 2.75) is 45.7 Å². The number of carbonyl (C=O) groups is 1. The molecule has 0 spiro atoms. The second-order valence-electron chi connectivity index (χ2n) is 8.47. The number of piperidine rings is 1. The summed E-state index contributed by atoms with van der Waals surface area (Å²) in [4.78, 5) is 18.8. The van der Waals surface area contributed by atoms with Gasteiger partial charge in [0.05, 0.1) is 18.6 Å². The highest BCUT2D eigenvalue weighted by Gasteiger charge is 2.21. The zero-order valence-electron chi connectivity index (χ0n) is 19.5. The molecule has 0 saturated carbocycles. The number of nitrogens with zero attached hydrogens (tertiary/aromatic N) is 2. The van der Waals surface area contributed by atoms with Crippen molar-refractivity contribution in [1.29, 1.82) is 0 Å². The first-order chi connectivity index (χ1) is 16.2. The first kappa shape index (κ1) is 23.3. The van der Waals surface area contributed by atoms with Crippen LogP contribution < -0.4 is 10.1 Å². The van der Waals surface area contributed by atoms with E-state index in [-0.39, 0.29) is 5.76 Å². The number of hydrogen-bond donors (Lipinski definition) is 1. The Balaban J connectivity index is 1.20. The summed E-state index contributed by atoms with van der Waals surface area (Å²) in [6.07, 6.45) is 7.00. The monoisotopic (exact) mass is 451 g/mol. The summed E-state index contributed by atoms with van der Waals surface area (Å²) < 4.78 is 16.9. The highest BCUT2D eigenvalue weighted by Crippen LogP contribution is 2.33. The van der Waals surface area contributed by atoms with Crippen LogP contribution in [0.25, 0.3) is 11.0 Å². The van der Waals surface area contributed by atoms with E-state index in [9.17, 15) is 4.79 Å². The van der Waals surface area contributed by atoms with Crippen LogP contribution in [-0.2, 0) is 11.3 Å². The number of nitrogens with one attached hydrogen (secondary N) is 1. The van der Waals surface area contributed by atoms with Crippen LogP contribution in [0.4, 0.5) is 0 Å². The third-order valence-electron chi connectivity index (χ3n) is 6.10. The second kappa shape index (κ2) is 11.3. The molecule has 7 nitrogen and oxygen atoms in total. The quantitative estimate of drug-likeness (QED) is 0.363. The summed E-state index contributed by atoms with van der Waals surface area (Å²) in [5, 5.41) is 4.52. The number of fused-ring (bicyclic) bond motifs is 1. The van der Waals surface area contributed by atoms with E-state index in [4.69, 9.17) is 13.9 Å². The molecule has 1 aliphatic heterocycles. The van der Waals surface area contributed by atoms with Crippen molar-refractivity contribution < 1.29 is 18.7 Å². The average molecular weight is 452 g/mol. The highest BCUT2D eigenvalue weighted by atomic mass is 16.5. The molecule has 176 valence electrons. The van der Waals surface area contributed by atoms with E-state index in [1.807, 2.05) is 43.6 Å². The van der Waals surface area contributed by atoms with Crippen LogP contribution in [0.15, 0.2) is 47.1 Å². The lowest BCUT2D eigenvalue weighted by Crippen LogP contribution is -2.42. The molecule has 0 unspecified atom stereocenters. The molecule has 33 heavy (non-hydrogen) atoms. The first-order valence-corrected chi connectivity index (χ1v) is 11.8. The van der Waals surface area contributed by atoms with Gasteiger partial charge >= 0.3 is 5.97 Å². The topological polar surface area (TPSA) is 76.8 Å². The van der Waals surface area contributed by atoms with Gasteiger partial charge in [0.2, 0.25) is 5.76 Å². The van der Waals surface area contributed by atoms with E-state index >= 15 is 0 Å². The molecule has 1 saturated heterocycles. The zero-order chi connectivity index (χ0) is 23.0. The van der Waals surface area contributed by atoms with E-state index in [1.54, 1.807) is 6.92 Å². The van der Waals surface area contributed by atoms with Crippen molar-refractivity contribution in [1.82, 2.24) is 15.2 Å². The molecular weight excluding hydrogens is 418 g/mol. The molecule has 1 aliphatic rings. The average Bonchev–Trinajstić information content (AvgIpc) is 3.18. The molecule has 0 radical (unpaired) electrons. The Morgan fingerprint density at radius 1 is 1.24 bits per heavy atom. The van der Waals surface area contributed by atoms with Gasteiger partial charge in [-0.2, -0.15) is 0 Å². The van der Waals surface area contributed by atoms with Gasteiger partial charge in [-0.3, -0.25) is 9.88 Å². The summed E-state index contributed by atoms with van der Waals surface area (Å²) in [7, 11) is 0. The van der Waals surface area contributed by atoms with Gasteiger partial charge in [-0.25, -0.2) is 4.79 Å². The molecule has 1 fully saturated rings. The molecule has 2 aromatic heterocycles. The molecular formula is C26H33N3O4.